The summed E-state index contributed by atoms with van der Waals surface area (Å²) in [5, 5.41) is 0. The number of aryl methyl sites for hydroxylation is 6. The Labute approximate surface area is 180 Å². The van der Waals surface area contributed by atoms with Crippen molar-refractivity contribution >= 4 is 21.0 Å². The van der Waals surface area contributed by atoms with Gasteiger partial charge < -0.3 is 4.52 Å². The Bertz CT molecular complexity index is 1130. The fraction of sp³-hybridized carbons (Fsp3) is 0.231. The molecule has 4 heteroatoms. The van der Waals surface area contributed by atoms with Crippen molar-refractivity contribution in [3.8, 4) is 5.75 Å². The van der Waals surface area contributed by atoms with Gasteiger partial charge in [0, 0.05) is 16.7 Å². The third kappa shape index (κ3) is 3.95. The molecule has 154 valence electrons. The molecule has 0 spiro atoms. The summed E-state index contributed by atoms with van der Waals surface area (Å²) in [6, 6.07) is 13.1. The van der Waals surface area contributed by atoms with E-state index in [2.05, 4.69) is 9.47 Å². The predicted octanol–water partition coefficient (Wildman–Crippen LogP) is 6.17. The second kappa shape index (κ2) is 8.53. The quantitative estimate of drug-likeness (QED) is 0.368. The molecule has 0 N–H and O–H groups in total. The monoisotopic (exact) mass is 418 g/mol. The van der Waals surface area contributed by atoms with Crippen molar-refractivity contribution in [1.29, 1.82) is 0 Å². The van der Waals surface area contributed by atoms with Crippen molar-refractivity contribution in [3.05, 3.63) is 98.1 Å². The Hall–Kier alpha value is -2.77. The highest BCUT2D eigenvalue weighted by Crippen LogP contribution is 2.32. The van der Waals surface area contributed by atoms with E-state index >= 15 is 0 Å². The smallest absolute Gasteiger partial charge is 0.198 e. The van der Waals surface area contributed by atoms with Gasteiger partial charge in [-0.05, 0) is 69.9 Å². The maximum Gasteiger partial charge on any atom is 0.198 e. The molecule has 0 heterocycles. The zero-order valence-electron chi connectivity index (χ0n) is 18.3. The second-order valence-corrected chi connectivity index (χ2v) is 8.24. The lowest BCUT2D eigenvalue weighted by molar-refractivity contribution is 0.100. The zero-order valence-corrected chi connectivity index (χ0v) is 19.5. The van der Waals surface area contributed by atoms with E-state index in [0.29, 0.717) is 28.0 Å². The molecule has 30 heavy (non-hydrogen) atoms. The van der Waals surface area contributed by atoms with Crippen LogP contribution in [0, 0.1) is 41.5 Å². The highest BCUT2D eigenvalue weighted by molar-refractivity contribution is 7.10. The van der Waals surface area contributed by atoms with Gasteiger partial charge in [-0.2, -0.15) is 0 Å². The Morgan fingerprint density at radius 3 is 1.53 bits per heavy atom. The minimum Gasteiger partial charge on any atom is -0.480 e. The van der Waals surface area contributed by atoms with Crippen molar-refractivity contribution < 1.29 is 14.1 Å². The number of carbonyl (C=O) groups is 2. The molecule has 3 nitrogen and oxygen atoms in total. The van der Waals surface area contributed by atoms with E-state index in [1.54, 1.807) is 18.2 Å². The fourth-order valence-electron chi connectivity index (χ4n) is 4.39. The molecule has 3 rings (SSSR count). The number of ketones is 2. The number of benzene rings is 3. The summed E-state index contributed by atoms with van der Waals surface area (Å²) in [7, 11) is 2.19. The van der Waals surface area contributed by atoms with Crippen LogP contribution in [0.3, 0.4) is 0 Å². The molecular weight excluding hydrogens is 391 g/mol. The van der Waals surface area contributed by atoms with E-state index in [1.165, 1.54) is 0 Å². The van der Waals surface area contributed by atoms with E-state index < -0.39 is 0 Å². The summed E-state index contributed by atoms with van der Waals surface area (Å²) >= 11 is 0. The molecule has 0 radical (unpaired) electrons. The van der Waals surface area contributed by atoms with Gasteiger partial charge >= 0.3 is 0 Å². The van der Waals surface area contributed by atoms with Gasteiger partial charge in [0.15, 0.2) is 11.6 Å². The fourth-order valence-corrected chi connectivity index (χ4v) is 4.59. The summed E-state index contributed by atoms with van der Waals surface area (Å²) in [5.74, 6) is 0.00567. The molecular formula is C26H27O3P. The third-order valence-electron chi connectivity index (χ3n) is 5.43. The number of rotatable bonds is 5. The first-order valence-corrected chi connectivity index (χ1v) is 10.4. The van der Waals surface area contributed by atoms with Crippen LogP contribution < -0.4 is 4.52 Å². The molecule has 0 aliphatic heterocycles. The SMILES string of the molecule is Cc1cc(C)c(C(=O)c2cccc(OP)c2C(=O)c2c(C)cc(C)cc2C)c(C)c1. The summed E-state index contributed by atoms with van der Waals surface area (Å²) in [4.78, 5) is 27.4. The average molecular weight is 418 g/mol. The lowest BCUT2D eigenvalue weighted by Gasteiger charge is -2.17. The van der Waals surface area contributed by atoms with Crippen LogP contribution >= 0.6 is 9.47 Å². The summed E-state index contributed by atoms with van der Waals surface area (Å²) < 4.78 is 5.44. The predicted molar refractivity (Wildman–Crippen MR) is 125 cm³/mol. The Morgan fingerprint density at radius 1 is 0.667 bits per heavy atom. The van der Waals surface area contributed by atoms with E-state index in [-0.39, 0.29) is 11.6 Å². The minimum absolute atomic E-state index is 0.167. The van der Waals surface area contributed by atoms with Gasteiger partial charge in [0.1, 0.15) is 5.75 Å². The van der Waals surface area contributed by atoms with E-state index in [4.69, 9.17) is 4.52 Å². The molecule has 0 saturated carbocycles. The molecule has 1 unspecified atom stereocenters. The van der Waals surface area contributed by atoms with E-state index in [1.807, 2.05) is 65.8 Å². The van der Waals surface area contributed by atoms with Crippen LogP contribution in [-0.2, 0) is 0 Å². The first-order valence-electron chi connectivity index (χ1n) is 9.90. The molecule has 3 aromatic carbocycles. The maximum atomic E-state index is 13.7. The molecule has 0 amide bonds. The zero-order chi connectivity index (χ0) is 22.2. The molecule has 0 bridgehead atoms. The lowest BCUT2D eigenvalue weighted by atomic mass is 9.86. The van der Waals surface area contributed by atoms with Gasteiger partial charge in [0.05, 0.1) is 15.0 Å². The van der Waals surface area contributed by atoms with E-state index in [9.17, 15) is 9.59 Å². The van der Waals surface area contributed by atoms with Crippen LogP contribution in [-0.4, -0.2) is 11.6 Å². The van der Waals surface area contributed by atoms with Crippen LogP contribution in [0.25, 0.3) is 0 Å². The minimum atomic E-state index is -0.200. The third-order valence-corrected chi connectivity index (χ3v) is 5.69. The van der Waals surface area contributed by atoms with Crippen LogP contribution in [0.15, 0.2) is 42.5 Å². The van der Waals surface area contributed by atoms with Gasteiger partial charge in [0.25, 0.3) is 0 Å². The van der Waals surface area contributed by atoms with Gasteiger partial charge in [-0.25, -0.2) is 0 Å². The molecule has 3 aromatic rings. The Balaban J connectivity index is 2.26. The first-order chi connectivity index (χ1) is 14.1. The van der Waals surface area contributed by atoms with Crippen LogP contribution in [0.1, 0.15) is 65.2 Å². The van der Waals surface area contributed by atoms with Crippen molar-refractivity contribution in [2.45, 2.75) is 41.5 Å². The van der Waals surface area contributed by atoms with Crippen LogP contribution in [0.4, 0.5) is 0 Å². The number of hydrogen-bond acceptors (Lipinski definition) is 3. The van der Waals surface area contributed by atoms with Crippen molar-refractivity contribution in [1.82, 2.24) is 0 Å². The highest BCUT2D eigenvalue weighted by Gasteiger charge is 2.27. The summed E-state index contributed by atoms with van der Waals surface area (Å²) in [6.07, 6.45) is 0. The largest absolute Gasteiger partial charge is 0.480 e. The maximum absolute atomic E-state index is 13.7. The molecule has 0 aliphatic rings. The van der Waals surface area contributed by atoms with Crippen molar-refractivity contribution in [3.63, 3.8) is 0 Å². The number of hydrogen-bond donors (Lipinski definition) is 0. The second-order valence-electron chi connectivity index (χ2n) is 8.00. The van der Waals surface area contributed by atoms with Gasteiger partial charge in [0.2, 0.25) is 0 Å². The molecule has 1 atom stereocenters. The van der Waals surface area contributed by atoms with E-state index in [0.717, 1.165) is 33.4 Å². The topological polar surface area (TPSA) is 43.4 Å². The normalized spacial score (nSPS) is 10.8. The molecule has 0 aliphatic carbocycles. The number of carbonyl (C=O) groups excluding carboxylic acids is 2. The van der Waals surface area contributed by atoms with Gasteiger partial charge in [-0.1, -0.05) is 47.5 Å². The standard InChI is InChI=1S/C26H27O3P/c1-14-10-16(3)22(17(4)11-14)25(27)20-8-7-9-21(29-30)24(20)26(28)23-18(5)12-15(2)13-19(23)6/h7-13H,30H2,1-6H3. The Morgan fingerprint density at radius 2 is 1.10 bits per heavy atom. The molecule has 0 fully saturated rings. The highest BCUT2D eigenvalue weighted by atomic mass is 31.0. The van der Waals surface area contributed by atoms with Gasteiger partial charge in [-0.15, -0.1) is 0 Å². The Kier molecular flexibility index (Phi) is 6.24. The lowest BCUT2D eigenvalue weighted by Crippen LogP contribution is -2.16. The van der Waals surface area contributed by atoms with Gasteiger partial charge in [-0.3, -0.25) is 9.59 Å². The van der Waals surface area contributed by atoms with Crippen LogP contribution in [0.5, 0.6) is 5.75 Å². The first kappa shape index (κ1) is 21.9. The van der Waals surface area contributed by atoms with Crippen molar-refractivity contribution in [2.24, 2.45) is 0 Å². The average Bonchev–Trinajstić information content (AvgIpc) is 2.65. The van der Waals surface area contributed by atoms with Crippen molar-refractivity contribution in [2.75, 3.05) is 0 Å². The molecule has 0 saturated heterocycles. The molecule has 0 aromatic heterocycles. The summed E-state index contributed by atoms with van der Waals surface area (Å²) in [5.41, 5.74) is 7.67. The summed E-state index contributed by atoms with van der Waals surface area (Å²) in [6.45, 7) is 11.7. The van der Waals surface area contributed by atoms with Crippen LogP contribution in [0.2, 0.25) is 0 Å².